The molecular weight excluding hydrogens is 350 g/mol. The van der Waals surface area contributed by atoms with E-state index in [1.165, 1.54) is 5.56 Å². The Morgan fingerprint density at radius 1 is 0.929 bits per heavy atom. The van der Waals surface area contributed by atoms with Crippen LogP contribution in [0.15, 0.2) is 59.4 Å². The molecule has 0 unspecified atom stereocenters. The lowest BCUT2D eigenvalue weighted by Gasteiger charge is -2.10. The highest BCUT2D eigenvalue weighted by Crippen LogP contribution is 2.25. The van der Waals surface area contributed by atoms with Gasteiger partial charge in [-0.3, -0.25) is 9.59 Å². The largest absolute Gasteiger partial charge is 0.339 e. The topological polar surface area (TPSA) is 56.0 Å². The Balaban J connectivity index is 1.80. The van der Waals surface area contributed by atoms with Crippen molar-refractivity contribution in [2.24, 2.45) is 14.1 Å². The quantitative estimate of drug-likeness (QED) is 0.578. The Morgan fingerprint density at radius 2 is 1.61 bits per heavy atom. The number of para-hydroxylation sites is 1. The van der Waals surface area contributed by atoms with E-state index in [2.05, 4.69) is 19.2 Å². The van der Waals surface area contributed by atoms with Gasteiger partial charge in [0.05, 0.1) is 16.4 Å². The first-order chi connectivity index (χ1) is 13.4. The minimum Gasteiger partial charge on any atom is -0.339 e. The summed E-state index contributed by atoms with van der Waals surface area (Å²) < 4.78 is 3.43. The second-order valence-electron chi connectivity index (χ2n) is 7.46. The number of aryl methyl sites for hydroxylation is 2. The van der Waals surface area contributed by atoms with Gasteiger partial charge in [0.1, 0.15) is 5.69 Å². The van der Waals surface area contributed by atoms with E-state index < -0.39 is 0 Å². The molecule has 0 saturated carbocycles. The molecule has 0 saturated heterocycles. The van der Waals surface area contributed by atoms with E-state index >= 15 is 0 Å². The number of amides is 1. The lowest BCUT2D eigenvalue weighted by molar-refractivity contribution is 0.102. The van der Waals surface area contributed by atoms with Gasteiger partial charge in [-0.25, -0.2) is 0 Å². The summed E-state index contributed by atoms with van der Waals surface area (Å²) in [5, 5.41) is 4.43. The minimum absolute atomic E-state index is 0.107. The first-order valence-corrected chi connectivity index (χ1v) is 9.37. The van der Waals surface area contributed by atoms with Gasteiger partial charge in [0.2, 0.25) is 0 Å². The summed E-state index contributed by atoms with van der Waals surface area (Å²) >= 11 is 0. The molecule has 0 aliphatic heterocycles. The van der Waals surface area contributed by atoms with Crippen molar-refractivity contribution in [3.05, 3.63) is 76.2 Å². The van der Waals surface area contributed by atoms with Crippen molar-refractivity contribution < 1.29 is 4.79 Å². The second-order valence-corrected chi connectivity index (χ2v) is 7.46. The van der Waals surface area contributed by atoms with Crippen LogP contribution in [-0.4, -0.2) is 15.0 Å². The van der Waals surface area contributed by atoms with Gasteiger partial charge in [0.15, 0.2) is 0 Å². The fourth-order valence-corrected chi connectivity index (χ4v) is 3.71. The molecule has 5 heteroatoms. The Hall–Kier alpha value is -3.34. The van der Waals surface area contributed by atoms with Gasteiger partial charge in [-0.1, -0.05) is 44.2 Å². The van der Waals surface area contributed by atoms with Crippen LogP contribution in [0.1, 0.15) is 35.8 Å². The van der Waals surface area contributed by atoms with Gasteiger partial charge in [-0.2, -0.15) is 0 Å². The smallest absolute Gasteiger partial charge is 0.272 e. The highest BCUT2D eigenvalue weighted by molar-refractivity contribution is 6.11. The van der Waals surface area contributed by atoms with Crippen molar-refractivity contribution in [2.75, 3.05) is 5.32 Å². The average Bonchev–Trinajstić information content (AvgIpc) is 3.04. The normalized spacial score (nSPS) is 11.5. The Morgan fingerprint density at radius 3 is 2.29 bits per heavy atom. The van der Waals surface area contributed by atoms with E-state index in [1.807, 2.05) is 55.6 Å². The molecule has 1 amide bonds. The molecule has 4 rings (SSSR count). The SMILES string of the molecule is CC(C)c1ccc(NC(=O)c2cc3c(=O)n(C)c4ccccc4c3n2C)cc1. The molecule has 142 valence electrons. The van der Waals surface area contributed by atoms with Crippen LogP contribution in [0.2, 0.25) is 0 Å². The summed E-state index contributed by atoms with van der Waals surface area (Å²) in [6, 6.07) is 17.3. The molecule has 28 heavy (non-hydrogen) atoms. The van der Waals surface area contributed by atoms with Gasteiger partial charge in [0, 0.05) is 25.2 Å². The fourth-order valence-electron chi connectivity index (χ4n) is 3.71. The van der Waals surface area contributed by atoms with Crippen molar-refractivity contribution in [3.63, 3.8) is 0 Å². The second kappa shape index (κ2) is 6.68. The van der Waals surface area contributed by atoms with E-state index in [9.17, 15) is 9.59 Å². The monoisotopic (exact) mass is 373 g/mol. The fraction of sp³-hybridized carbons (Fsp3) is 0.217. The van der Waals surface area contributed by atoms with Gasteiger partial charge in [0.25, 0.3) is 11.5 Å². The molecular formula is C23H23N3O2. The summed E-state index contributed by atoms with van der Waals surface area (Å²) in [5.41, 5.74) is 3.92. The molecule has 0 radical (unpaired) electrons. The third-order valence-corrected chi connectivity index (χ3v) is 5.36. The number of pyridine rings is 1. The van der Waals surface area contributed by atoms with Crippen LogP contribution in [0.25, 0.3) is 21.8 Å². The van der Waals surface area contributed by atoms with Crippen molar-refractivity contribution in [1.29, 1.82) is 0 Å². The zero-order chi connectivity index (χ0) is 20.0. The maximum absolute atomic E-state index is 12.9. The van der Waals surface area contributed by atoms with E-state index in [4.69, 9.17) is 0 Å². The molecule has 1 N–H and O–H groups in total. The van der Waals surface area contributed by atoms with Gasteiger partial charge in [-0.15, -0.1) is 0 Å². The lowest BCUT2D eigenvalue weighted by Crippen LogP contribution is -2.17. The maximum atomic E-state index is 12.9. The summed E-state index contributed by atoms with van der Waals surface area (Å²) in [5.74, 6) is 0.203. The number of hydrogen-bond donors (Lipinski definition) is 1. The lowest BCUT2D eigenvalue weighted by atomic mass is 10.0. The molecule has 5 nitrogen and oxygen atoms in total. The average molecular weight is 373 g/mol. The molecule has 0 fully saturated rings. The van der Waals surface area contributed by atoms with Crippen molar-refractivity contribution >= 4 is 33.4 Å². The van der Waals surface area contributed by atoms with Crippen LogP contribution in [0.4, 0.5) is 5.69 Å². The van der Waals surface area contributed by atoms with Crippen molar-refractivity contribution in [1.82, 2.24) is 9.13 Å². The number of nitrogens with zero attached hydrogens (tertiary/aromatic N) is 2. The first kappa shape index (κ1) is 18.0. The first-order valence-electron chi connectivity index (χ1n) is 9.37. The molecule has 2 aromatic carbocycles. The highest BCUT2D eigenvalue weighted by atomic mass is 16.2. The number of anilines is 1. The molecule has 2 aromatic heterocycles. The van der Waals surface area contributed by atoms with Crippen molar-refractivity contribution in [2.45, 2.75) is 19.8 Å². The molecule has 2 heterocycles. The number of nitrogens with one attached hydrogen (secondary N) is 1. The number of carbonyl (C=O) groups excluding carboxylic acids is 1. The van der Waals surface area contributed by atoms with E-state index in [1.54, 1.807) is 22.2 Å². The molecule has 0 bridgehead atoms. The number of carbonyl (C=O) groups is 1. The van der Waals surface area contributed by atoms with Crippen molar-refractivity contribution in [3.8, 4) is 0 Å². The molecule has 0 aliphatic carbocycles. The van der Waals surface area contributed by atoms with Gasteiger partial charge in [-0.05, 0) is 35.7 Å². The molecule has 0 atom stereocenters. The van der Waals surface area contributed by atoms with Crippen LogP contribution < -0.4 is 10.9 Å². The Bertz CT molecular complexity index is 1260. The van der Waals surface area contributed by atoms with Crippen LogP contribution in [-0.2, 0) is 14.1 Å². The van der Waals surface area contributed by atoms with Gasteiger partial charge < -0.3 is 14.5 Å². The summed E-state index contributed by atoms with van der Waals surface area (Å²) in [4.78, 5) is 25.7. The van der Waals surface area contributed by atoms with Crippen LogP contribution in [0.3, 0.4) is 0 Å². The van der Waals surface area contributed by atoms with Crippen LogP contribution in [0.5, 0.6) is 0 Å². The van der Waals surface area contributed by atoms with Gasteiger partial charge >= 0.3 is 0 Å². The predicted octanol–water partition coefficient (Wildman–Crippen LogP) is 4.41. The molecule has 0 aliphatic rings. The third-order valence-electron chi connectivity index (χ3n) is 5.36. The maximum Gasteiger partial charge on any atom is 0.272 e. The van der Waals surface area contributed by atoms with E-state index in [-0.39, 0.29) is 11.5 Å². The Kier molecular flexibility index (Phi) is 4.30. The number of fused-ring (bicyclic) bond motifs is 3. The number of hydrogen-bond acceptors (Lipinski definition) is 2. The Labute approximate surface area is 163 Å². The summed E-state index contributed by atoms with van der Waals surface area (Å²) in [6.07, 6.45) is 0. The minimum atomic E-state index is -0.234. The highest BCUT2D eigenvalue weighted by Gasteiger charge is 2.19. The number of aromatic nitrogens is 2. The summed E-state index contributed by atoms with van der Waals surface area (Å²) in [7, 11) is 3.58. The zero-order valence-corrected chi connectivity index (χ0v) is 16.5. The summed E-state index contributed by atoms with van der Waals surface area (Å²) in [6.45, 7) is 4.27. The standard InChI is InChI=1S/C23H23N3O2/c1-14(2)15-9-11-16(12-10-15)24-22(27)20-13-18-21(25(20)3)17-7-5-6-8-19(17)26(4)23(18)28/h5-14H,1-4H3,(H,24,27). The van der Waals surface area contributed by atoms with Crippen LogP contribution >= 0.6 is 0 Å². The number of benzene rings is 2. The molecule has 0 spiro atoms. The molecule has 4 aromatic rings. The van der Waals surface area contributed by atoms with E-state index in [0.717, 1.165) is 22.1 Å². The van der Waals surface area contributed by atoms with E-state index in [0.29, 0.717) is 17.0 Å². The zero-order valence-electron chi connectivity index (χ0n) is 16.5. The van der Waals surface area contributed by atoms with Crippen LogP contribution in [0, 0.1) is 0 Å². The predicted molar refractivity (Wildman–Crippen MR) is 114 cm³/mol. The third kappa shape index (κ3) is 2.80. The number of rotatable bonds is 3.